The zero-order valence-corrected chi connectivity index (χ0v) is 19.5. The maximum absolute atomic E-state index is 10.7. The molecule has 3 aliphatic rings. The van der Waals surface area contributed by atoms with Crippen molar-refractivity contribution in [3.05, 3.63) is 48.5 Å². The minimum absolute atomic E-state index is 0.261. The molecule has 5 rings (SSSR count). The molecular weight excluding hydrogens is 546 g/mol. The predicted octanol–water partition coefficient (Wildman–Crippen LogP) is 10.6. The van der Waals surface area contributed by atoms with E-state index in [2.05, 4.69) is 62.4 Å². The molecule has 0 atom stereocenters. The molecule has 0 N–H and O–H groups in total. The van der Waals surface area contributed by atoms with Crippen LogP contribution in [0, 0.1) is 0 Å². The van der Waals surface area contributed by atoms with E-state index in [1.165, 1.54) is 5.75 Å². The monoisotopic (exact) mass is 562 g/mol. The van der Waals surface area contributed by atoms with Crippen LogP contribution in [-0.2, 0) is 21.8 Å². The third kappa shape index (κ3) is 9.97. The fourth-order valence-electron chi connectivity index (χ4n) is 3.04. The van der Waals surface area contributed by atoms with Crippen molar-refractivity contribution in [2.24, 2.45) is 0 Å². The SMILES string of the molecule is CC1(C)C[S+]2c3ccccc3[S+]1c1ccccc12.F[P-](F)(F)(F)(F)F.F[P-](F)(F)(F)(F)F. The zero-order chi connectivity index (χ0) is 25.1. The van der Waals surface area contributed by atoms with Gasteiger partial charge in [-0.05, 0) is 38.1 Å². The molecule has 0 aromatic heterocycles. The van der Waals surface area contributed by atoms with Crippen molar-refractivity contribution in [2.45, 2.75) is 38.2 Å². The van der Waals surface area contributed by atoms with E-state index in [1.807, 2.05) is 0 Å². The van der Waals surface area contributed by atoms with Gasteiger partial charge in [0.05, 0.1) is 21.8 Å². The molecule has 0 amide bonds. The molecule has 0 saturated carbocycles. The molecule has 0 nitrogen and oxygen atoms in total. The molecule has 0 saturated heterocycles. The summed E-state index contributed by atoms with van der Waals surface area (Å²) in [4.78, 5) is 6.43. The van der Waals surface area contributed by atoms with Gasteiger partial charge >= 0.3 is 66.0 Å². The van der Waals surface area contributed by atoms with Crippen molar-refractivity contribution in [3.8, 4) is 0 Å². The van der Waals surface area contributed by atoms with Crippen LogP contribution in [0.1, 0.15) is 13.8 Å². The molecule has 0 spiro atoms. The molecule has 0 radical (unpaired) electrons. The zero-order valence-electron chi connectivity index (χ0n) is 16.1. The van der Waals surface area contributed by atoms with E-state index in [9.17, 15) is 50.4 Å². The summed E-state index contributed by atoms with van der Waals surface area (Å²) in [7, 11) is -20.8. The number of fused-ring (bicyclic) bond motifs is 1. The van der Waals surface area contributed by atoms with Crippen LogP contribution >= 0.6 is 15.6 Å². The van der Waals surface area contributed by atoms with E-state index >= 15 is 0 Å². The second kappa shape index (κ2) is 6.64. The fourth-order valence-corrected chi connectivity index (χ4v) is 9.71. The summed E-state index contributed by atoms with van der Waals surface area (Å²) >= 11 is 0. The van der Waals surface area contributed by atoms with Crippen LogP contribution in [0.4, 0.5) is 50.4 Å². The molecule has 3 heterocycles. The summed E-state index contributed by atoms with van der Waals surface area (Å²) in [5.74, 6) is 1.32. The van der Waals surface area contributed by atoms with Gasteiger partial charge < -0.3 is 0 Å². The predicted molar refractivity (Wildman–Crippen MR) is 107 cm³/mol. The summed E-state index contributed by atoms with van der Waals surface area (Å²) in [6.45, 7) is 4.89. The van der Waals surface area contributed by atoms with Crippen molar-refractivity contribution >= 4 is 37.4 Å². The van der Waals surface area contributed by atoms with Crippen LogP contribution in [-0.4, -0.2) is 10.5 Å². The molecule has 0 fully saturated rings. The molecule has 3 aliphatic heterocycles. The van der Waals surface area contributed by atoms with Crippen molar-refractivity contribution in [1.82, 2.24) is 0 Å². The van der Waals surface area contributed by atoms with Gasteiger partial charge in [-0.15, -0.1) is 0 Å². The van der Waals surface area contributed by atoms with Gasteiger partial charge in [0.2, 0.25) is 19.6 Å². The summed E-state index contributed by atoms with van der Waals surface area (Å²) < 4.78 is 119. The second-order valence-corrected chi connectivity index (χ2v) is 15.8. The first-order valence-electron chi connectivity index (χ1n) is 8.35. The normalized spacial score (nSPS) is 25.1. The molecule has 2 aromatic rings. The van der Waals surface area contributed by atoms with Crippen LogP contribution < -0.4 is 0 Å². The Hall–Kier alpha value is -0.840. The Morgan fingerprint density at radius 1 is 0.562 bits per heavy atom. The fraction of sp³-hybridized carbons (Fsp3) is 0.250. The Morgan fingerprint density at radius 3 is 1.09 bits per heavy atom. The van der Waals surface area contributed by atoms with Crippen molar-refractivity contribution in [2.75, 3.05) is 5.75 Å². The number of rotatable bonds is 0. The van der Waals surface area contributed by atoms with Gasteiger partial charge in [-0.2, -0.15) is 0 Å². The van der Waals surface area contributed by atoms with E-state index in [-0.39, 0.29) is 10.9 Å². The Kier molecular flexibility index (Phi) is 5.68. The summed E-state index contributed by atoms with van der Waals surface area (Å²) in [5.41, 5.74) is 0. The molecule has 2 aromatic carbocycles. The van der Waals surface area contributed by atoms with Gasteiger partial charge in [0, 0.05) is 0 Å². The number of halogens is 12. The average Bonchev–Trinajstić information content (AvgIpc) is 2.48. The Balaban J connectivity index is 0.000000218. The summed E-state index contributed by atoms with van der Waals surface area (Å²) in [6.07, 6.45) is 0. The van der Waals surface area contributed by atoms with Crippen LogP contribution in [0.5, 0.6) is 0 Å². The van der Waals surface area contributed by atoms with E-state index in [0.29, 0.717) is 15.6 Å². The standard InChI is InChI=1S/C16H16S2.2F6P/c1-16(2)11-17-12-7-3-5-9-14(12)18(16)15-10-6-4-8-13(15)17;2*1-7(2,3,4,5)6/h3-10H,11H2,1-2H3;;/q+2;2*-1. The molecular formula is C16H16F12P2S2. The van der Waals surface area contributed by atoms with E-state index in [0.717, 1.165) is 0 Å². The van der Waals surface area contributed by atoms with Gasteiger partial charge in [0.15, 0.2) is 10.5 Å². The van der Waals surface area contributed by atoms with Gasteiger partial charge in [0.25, 0.3) is 0 Å². The summed E-state index contributed by atoms with van der Waals surface area (Å²) in [5, 5.41) is 0. The molecule has 0 unspecified atom stereocenters. The minimum atomic E-state index is -10.7. The molecule has 0 aliphatic carbocycles. The topological polar surface area (TPSA) is 0 Å². The molecule has 32 heavy (non-hydrogen) atoms. The quantitative estimate of drug-likeness (QED) is 0.170. The van der Waals surface area contributed by atoms with Gasteiger partial charge in [-0.3, -0.25) is 0 Å². The summed E-state index contributed by atoms with van der Waals surface area (Å²) in [6, 6.07) is 18.2. The first-order valence-corrected chi connectivity index (χ1v) is 15.0. The number of hydrogen-bond donors (Lipinski definition) is 0. The van der Waals surface area contributed by atoms with Crippen LogP contribution in [0.15, 0.2) is 68.1 Å². The first kappa shape index (κ1) is 27.4. The van der Waals surface area contributed by atoms with Crippen molar-refractivity contribution in [3.63, 3.8) is 0 Å². The van der Waals surface area contributed by atoms with Crippen LogP contribution in [0.2, 0.25) is 0 Å². The second-order valence-electron chi connectivity index (χ2n) is 7.41. The number of benzene rings is 2. The number of hydrogen-bond acceptors (Lipinski definition) is 0. The van der Waals surface area contributed by atoms with Gasteiger partial charge in [0.1, 0.15) is 0 Å². The average molecular weight is 562 g/mol. The third-order valence-electron chi connectivity index (χ3n) is 3.71. The van der Waals surface area contributed by atoms with Crippen molar-refractivity contribution in [1.29, 1.82) is 0 Å². The molecule has 2 bridgehead atoms. The third-order valence-corrected chi connectivity index (χ3v) is 9.78. The Morgan fingerprint density at radius 2 is 0.812 bits per heavy atom. The Bertz CT molecular complexity index is 931. The van der Waals surface area contributed by atoms with Crippen LogP contribution in [0.3, 0.4) is 0 Å². The van der Waals surface area contributed by atoms with Gasteiger partial charge in [-0.25, -0.2) is 0 Å². The maximum atomic E-state index is 9.87. The molecule has 16 heteroatoms. The Labute approximate surface area is 180 Å². The van der Waals surface area contributed by atoms with Gasteiger partial charge in [-0.1, -0.05) is 24.3 Å². The van der Waals surface area contributed by atoms with Crippen molar-refractivity contribution < 1.29 is 50.4 Å². The van der Waals surface area contributed by atoms with E-state index < -0.39 is 15.6 Å². The van der Waals surface area contributed by atoms with E-state index in [1.54, 1.807) is 19.6 Å². The first-order chi connectivity index (χ1) is 13.6. The van der Waals surface area contributed by atoms with E-state index in [4.69, 9.17) is 0 Å². The van der Waals surface area contributed by atoms with Crippen LogP contribution in [0.25, 0.3) is 0 Å². The molecule has 186 valence electrons.